The first-order valence-corrected chi connectivity index (χ1v) is 5.25. The van der Waals surface area contributed by atoms with E-state index < -0.39 is 11.9 Å². The first kappa shape index (κ1) is 12.8. The minimum atomic E-state index is -0.965. The number of phenols is 1. The van der Waals surface area contributed by atoms with Gasteiger partial charge in [0.1, 0.15) is 5.75 Å². The van der Waals surface area contributed by atoms with Crippen molar-refractivity contribution in [1.82, 2.24) is 0 Å². The third-order valence-electron chi connectivity index (χ3n) is 2.48. The molecular formula is C11H14ClNO3. The number of benzene rings is 1. The smallest absolute Gasteiger partial charge is 0.304 e. The molecule has 0 fully saturated rings. The van der Waals surface area contributed by atoms with E-state index in [1.54, 1.807) is 19.1 Å². The number of carbonyl (C=O) groups is 1. The molecule has 0 aromatic heterocycles. The minimum Gasteiger partial charge on any atom is -0.507 e. The second-order valence-electron chi connectivity index (χ2n) is 3.66. The Hall–Kier alpha value is -1.26. The summed E-state index contributed by atoms with van der Waals surface area (Å²) in [5.74, 6) is -1.40. The van der Waals surface area contributed by atoms with Crippen LogP contribution in [-0.4, -0.2) is 22.7 Å². The highest BCUT2D eigenvalue weighted by Crippen LogP contribution is 2.36. The van der Waals surface area contributed by atoms with Crippen LogP contribution in [0.2, 0.25) is 5.02 Å². The maximum atomic E-state index is 10.7. The molecule has 16 heavy (non-hydrogen) atoms. The number of phenolic OH excluding ortho intramolecular Hbond substituents is 1. The van der Waals surface area contributed by atoms with E-state index in [0.29, 0.717) is 16.1 Å². The summed E-state index contributed by atoms with van der Waals surface area (Å²) < 4.78 is 0. The van der Waals surface area contributed by atoms with E-state index in [2.05, 4.69) is 0 Å². The number of aliphatic carboxylic acids is 1. The molecule has 0 saturated heterocycles. The van der Waals surface area contributed by atoms with Gasteiger partial charge in [0.15, 0.2) is 0 Å². The molecule has 4 nitrogen and oxygen atoms in total. The SMILES string of the molecule is Cc1ccc(Cl)c(C(CN)CC(=O)O)c1O. The maximum Gasteiger partial charge on any atom is 0.304 e. The largest absolute Gasteiger partial charge is 0.507 e. The van der Waals surface area contributed by atoms with Gasteiger partial charge in [0.25, 0.3) is 0 Å². The number of aromatic hydroxyl groups is 1. The van der Waals surface area contributed by atoms with Crippen LogP contribution in [0, 0.1) is 6.92 Å². The van der Waals surface area contributed by atoms with Crippen LogP contribution in [0.3, 0.4) is 0 Å². The predicted octanol–water partition coefficient (Wildman–Crippen LogP) is 1.87. The lowest BCUT2D eigenvalue weighted by Crippen LogP contribution is -2.17. The molecule has 0 saturated carbocycles. The summed E-state index contributed by atoms with van der Waals surface area (Å²) in [6.07, 6.45) is -0.146. The second kappa shape index (κ2) is 5.18. The first-order chi connectivity index (χ1) is 7.47. The lowest BCUT2D eigenvalue weighted by atomic mass is 9.93. The van der Waals surface area contributed by atoms with Crippen molar-refractivity contribution in [2.45, 2.75) is 19.3 Å². The van der Waals surface area contributed by atoms with Gasteiger partial charge in [-0.3, -0.25) is 4.79 Å². The van der Waals surface area contributed by atoms with Crippen LogP contribution in [0.15, 0.2) is 12.1 Å². The summed E-state index contributed by atoms with van der Waals surface area (Å²) in [5.41, 5.74) is 6.59. The van der Waals surface area contributed by atoms with Gasteiger partial charge in [-0.2, -0.15) is 0 Å². The predicted molar refractivity (Wildman–Crippen MR) is 61.9 cm³/mol. The zero-order chi connectivity index (χ0) is 12.3. The topological polar surface area (TPSA) is 83.6 Å². The molecule has 0 aliphatic heterocycles. The fourth-order valence-corrected chi connectivity index (χ4v) is 1.90. The van der Waals surface area contributed by atoms with Gasteiger partial charge >= 0.3 is 5.97 Å². The fourth-order valence-electron chi connectivity index (χ4n) is 1.59. The van der Waals surface area contributed by atoms with E-state index >= 15 is 0 Å². The summed E-state index contributed by atoms with van der Waals surface area (Å²) in [6.45, 7) is 1.85. The number of nitrogens with two attached hydrogens (primary N) is 1. The number of hydrogen-bond acceptors (Lipinski definition) is 3. The van der Waals surface area contributed by atoms with Crippen LogP contribution in [-0.2, 0) is 4.79 Å². The molecular weight excluding hydrogens is 230 g/mol. The molecule has 4 N–H and O–H groups in total. The molecule has 0 heterocycles. The Morgan fingerprint density at radius 3 is 2.69 bits per heavy atom. The lowest BCUT2D eigenvalue weighted by Gasteiger charge is -2.17. The summed E-state index contributed by atoms with van der Waals surface area (Å²) in [7, 11) is 0. The van der Waals surface area contributed by atoms with Crippen molar-refractivity contribution >= 4 is 17.6 Å². The van der Waals surface area contributed by atoms with Crippen molar-refractivity contribution in [3.63, 3.8) is 0 Å². The van der Waals surface area contributed by atoms with Crippen LogP contribution < -0.4 is 5.73 Å². The molecule has 0 aliphatic carbocycles. The van der Waals surface area contributed by atoms with Crippen LogP contribution in [0.4, 0.5) is 0 Å². The van der Waals surface area contributed by atoms with Crippen molar-refractivity contribution in [2.24, 2.45) is 5.73 Å². The van der Waals surface area contributed by atoms with Crippen molar-refractivity contribution in [3.8, 4) is 5.75 Å². The normalized spacial score (nSPS) is 12.4. The molecule has 1 aromatic carbocycles. The van der Waals surface area contributed by atoms with Gasteiger partial charge in [0.05, 0.1) is 6.42 Å². The Kier molecular flexibility index (Phi) is 4.15. The molecule has 0 bridgehead atoms. The van der Waals surface area contributed by atoms with Gasteiger partial charge in [0, 0.05) is 16.5 Å². The maximum absolute atomic E-state index is 10.7. The van der Waals surface area contributed by atoms with E-state index in [-0.39, 0.29) is 18.7 Å². The lowest BCUT2D eigenvalue weighted by molar-refractivity contribution is -0.137. The highest BCUT2D eigenvalue weighted by atomic mass is 35.5. The van der Waals surface area contributed by atoms with Gasteiger partial charge in [0.2, 0.25) is 0 Å². The van der Waals surface area contributed by atoms with Crippen molar-refractivity contribution in [1.29, 1.82) is 0 Å². The van der Waals surface area contributed by atoms with E-state index in [1.807, 2.05) is 0 Å². The van der Waals surface area contributed by atoms with Crippen molar-refractivity contribution in [3.05, 3.63) is 28.3 Å². The average Bonchev–Trinajstić information content (AvgIpc) is 2.22. The van der Waals surface area contributed by atoms with E-state index in [1.165, 1.54) is 0 Å². The van der Waals surface area contributed by atoms with Gasteiger partial charge in [-0.05, 0) is 25.1 Å². The Balaban J connectivity index is 3.18. The van der Waals surface area contributed by atoms with Crippen LogP contribution in [0.5, 0.6) is 5.75 Å². The third-order valence-corrected chi connectivity index (χ3v) is 2.81. The number of hydrogen-bond donors (Lipinski definition) is 3. The first-order valence-electron chi connectivity index (χ1n) is 4.87. The molecule has 0 aliphatic rings. The second-order valence-corrected chi connectivity index (χ2v) is 4.06. The molecule has 1 aromatic rings. The van der Waals surface area contributed by atoms with Gasteiger partial charge in [-0.25, -0.2) is 0 Å². The number of rotatable bonds is 4. The molecule has 1 rings (SSSR count). The van der Waals surface area contributed by atoms with E-state index in [4.69, 9.17) is 22.4 Å². The number of carboxylic acid groups (broad SMARTS) is 1. The van der Waals surface area contributed by atoms with E-state index in [9.17, 15) is 9.90 Å². The fraction of sp³-hybridized carbons (Fsp3) is 0.364. The zero-order valence-corrected chi connectivity index (χ0v) is 9.66. The summed E-state index contributed by atoms with van der Waals surface area (Å²) in [6, 6.07) is 3.31. The van der Waals surface area contributed by atoms with Crippen LogP contribution in [0.1, 0.15) is 23.5 Å². The highest BCUT2D eigenvalue weighted by Gasteiger charge is 2.21. The van der Waals surface area contributed by atoms with Crippen molar-refractivity contribution < 1.29 is 15.0 Å². The number of halogens is 1. The molecule has 88 valence electrons. The number of carboxylic acids is 1. The zero-order valence-electron chi connectivity index (χ0n) is 8.90. The van der Waals surface area contributed by atoms with Gasteiger partial charge in [-0.1, -0.05) is 17.7 Å². The monoisotopic (exact) mass is 243 g/mol. The minimum absolute atomic E-state index is 0.0317. The Morgan fingerprint density at radius 1 is 1.56 bits per heavy atom. The van der Waals surface area contributed by atoms with Crippen molar-refractivity contribution in [2.75, 3.05) is 6.54 Å². The Labute approximate surface area is 98.6 Å². The van der Waals surface area contributed by atoms with Gasteiger partial charge < -0.3 is 15.9 Å². The molecule has 1 unspecified atom stereocenters. The van der Waals surface area contributed by atoms with Crippen LogP contribution >= 0.6 is 11.6 Å². The quantitative estimate of drug-likeness (QED) is 0.754. The Morgan fingerprint density at radius 2 is 2.19 bits per heavy atom. The molecule has 0 amide bonds. The summed E-state index contributed by atoms with van der Waals surface area (Å²) >= 11 is 5.95. The average molecular weight is 244 g/mol. The van der Waals surface area contributed by atoms with E-state index in [0.717, 1.165) is 0 Å². The number of aryl methyl sites for hydroxylation is 1. The Bertz CT molecular complexity index is 406. The molecule has 1 atom stereocenters. The summed E-state index contributed by atoms with van der Waals surface area (Å²) in [4.78, 5) is 10.7. The standard InChI is InChI=1S/C11H14ClNO3/c1-6-2-3-8(12)10(11(6)16)7(5-13)4-9(14)15/h2-3,7,16H,4-5,13H2,1H3,(H,14,15). The summed E-state index contributed by atoms with van der Waals surface area (Å²) in [5, 5.41) is 19.0. The highest BCUT2D eigenvalue weighted by molar-refractivity contribution is 6.31. The molecule has 0 spiro atoms. The molecule has 5 heteroatoms. The third kappa shape index (κ3) is 2.65. The van der Waals surface area contributed by atoms with Gasteiger partial charge in [-0.15, -0.1) is 0 Å². The molecule has 0 radical (unpaired) electrons. The van der Waals surface area contributed by atoms with Crippen LogP contribution in [0.25, 0.3) is 0 Å².